The van der Waals surface area contributed by atoms with Crippen molar-refractivity contribution in [3.05, 3.63) is 17.2 Å². The Bertz CT molecular complexity index is 592. The van der Waals surface area contributed by atoms with E-state index in [-0.39, 0.29) is 21.0 Å². The van der Waals surface area contributed by atoms with Crippen LogP contribution in [0.1, 0.15) is 0 Å². The van der Waals surface area contributed by atoms with Crippen LogP contribution in [0.2, 0.25) is 5.02 Å². The van der Waals surface area contributed by atoms with Gasteiger partial charge in [-0.3, -0.25) is 0 Å². The maximum Gasteiger partial charge on any atom is 0.265 e. The van der Waals surface area contributed by atoms with Gasteiger partial charge < -0.3 is 0 Å². The van der Waals surface area contributed by atoms with Crippen LogP contribution in [0.5, 0.6) is 0 Å². The van der Waals surface area contributed by atoms with Gasteiger partial charge in [0.2, 0.25) is 0 Å². The molecule has 5 nitrogen and oxygen atoms in total. The first kappa shape index (κ1) is 9.70. The fourth-order valence-corrected chi connectivity index (χ4v) is 2.75. The molecule has 0 bridgehead atoms. The predicted molar refractivity (Wildman–Crippen MR) is 49.9 cm³/mol. The summed E-state index contributed by atoms with van der Waals surface area (Å²) in [4.78, 5) is -0.278. The molecule has 1 heterocycles. The van der Waals surface area contributed by atoms with Crippen molar-refractivity contribution in [2.75, 3.05) is 0 Å². The Morgan fingerprint density at radius 1 is 1.29 bits per heavy atom. The molecule has 0 aliphatic rings. The molecule has 74 valence electrons. The summed E-state index contributed by atoms with van der Waals surface area (Å²) in [6.45, 7) is 0. The van der Waals surface area contributed by atoms with Crippen LogP contribution in [-0.4, -0.2) is 18.7 Å². The van der Waals surface area contributed by atoms with Gasteiger partial charge in [0.25, 0.3) is 9.05 Å². The lowest BCUT2D eigenvalue weighted by Gasteiger charge is -1.97. The standard InChI is InChI=1S/C6H2Cl2N2O3S/c7-3-1-2-4-5(10-13-9-4)6(3)14(8,11)12/h1-2H. The minimum atomic E-state index is -3.95. The molecule has 0 radical (unpaired) electrons. The molecular weight excluding hydrogens is 251 g/mol. The second-order valence-electron chi connectivity index (χ2n) is 2.45. The van der Waals surface area contributed by atoms with E-state index in [2.05, 4.69) is 14.9 Å². The Hall–Kier alpha value is -0.850. The van der Waals surface area contributed by atoms with Crippen LogP contribution in [0.4, 0.5) is 0 Å². The minimum absolute atomic E-state index is 0.0109. The Morgan fingerprint density at radius 2 is 2.00 bits per heavy atom. The van der Waals surface area contributed by atoms with Gasteiger partial charge in [-0.05, 0) is 22.4 Å². The Morgan fingerprint density at radius 3 is 2.64 bits per heavy atom. The largest absolute Gasteiger partial charge is 0.265 e. The minimum Gasteiger partial charge on any atom is -0.243 e. The molecule has 0 spiro atoms. The van der Waals surface area contributed by atoms with Crippen molar-refractivity contribution in [2.45, 2.75) is 4.90 Å². The predicted octanol–water partition coefficient (Wildman–Crippen LogP) is 1.80. The highest BCUT2D eigenvalue weighted by Gasteiger charge is 2.21. The third-order valence-corrected chi connectivity index (χ3v) is 3.37. The maximum atomic E-state index is 11.1. The van der Waals surface area contributed by atoms with E-state index < -0.39 is 9.05 Å². The molecule has 14 heavy (non-hydrogen) atoms. The van der Waals surface area contributed by atoms with Crippen molar-refractivity contribution >= 4 is 42.4 Å². The van der Waals surface area contributed by atoms with Crippen LogP contribution in [0.25, 0.3) is 11.0 Å². The van der Waals surface area contributed by atoms with E-state index in [1.165, 1.54) is 12.1 Å². The lowest BCUT2D eigenvalue weighted by molar-refractivity contribution is 0.315. The Kier molecular flexibility index (Phi) is 2.13. The van der Waals surface area contributed by atoms with Crippen LogP contribution in [-0.2, 0) is 9.05 Å². The van der Waals surface area contributed by atoms with E-state index in [1.807, 2.05) is 0 Å². The average Bonchev–Trinajstić information content (AvgIpc) is 2.48. The van der Waals surface area contributed by atoms with Crippen LogP contribution in [0, 0.1) is 0 Å². The topological polar surface area (TPSA) is 73.1 Å². The van der Waals surface area contributed by atoms with Gasteiger partial charge in [-0.1, -0.05) is 11.6 Å². The summed E-state index contributed by atoms with van der Waals surface area (Å²) in [5.41, 5.74) is 0.320. The van der Waals surface area contributed by atoms with Gasteiger partial charge >= 0.3 is 0 Å². The Balaban J connectivity index is 2.98. The summed E-state index contributed by atoms with van der Waals surface area (Å²) in [5, 5.41) is 6.87. The van der Waals surface area contributed by atoms with Crippen molar-refractivity contribution in [2.24, 2.45) is 0 Å². The second kappa shape index (κ2) is 3.08. The van der Waals surface area contributed by atoms with E-state index in [0.717, 1.165) is 0 Å². The highest BCUT2D eigenvalue weighted by atomic mass is 35.7. The fourth-order valence-electron chi connectivity index (χ4n) is 1.04. The highest BCUT2D eigenvalue weighted by Crippen LogP contribution is 2.30. The van der Waals surface area contributed by atoms with Crippen molar-refractivity contribution in [1.82, 2.24) is 10.3 Å². The summed E-state index contributed by atoms with van der Waals surface area (Å²) in [6, 6.07) is 2.85. The monoisotopic (exact) mass is 252 g/mol. The van der Waals surface area contributed by atoms with Gasteiger partial charge in [0.15, 0.2) is 5.52 Å². The van der Waals surface area contributed by atoms with Crippen molar-refractivity contribution in [3.8, 4) is 0 Å². The van der Waals surface area contributed by atoms with Crippen molar-refractivity contribution in [3.63, 3.8) is 0 Å². The second-order valence-corrected chi connectivity index (χ2v) is 5.36. The first-order valence-corrected chi connectivity index (χ1v) is 6.04. The summed E-state index contributed by atoms with van der Waals surface area (Å²) >= 11 is 5.67. The molecule has 0 saturated carbocycles. The van der Waals surface area contributed by atoms with Gasteiger partial charge in [0, 0.05) is 10.7 Å². The van der Waals surface area contributed by atoms with Gasteiger partial charge in [-0.15, -0.1) is 0 Å². The lowest BCUT2D eigenvalue weighted by Crippen LogP contribution is -1.93. The molecule has 0 aliphatic carbocycles. The van der Waals surface area contributed by atoms with E-state index in [0.29, 0.717) is 0 Å². The van der Waals surface area contributed by atoms with E-state index in [4.69, 9.17) is 22.3 Å². The third kappa shape index (κ3) is 1.45. The van der Waals surface area contributed by atoms with Gasteiger partial charge in [0.05, 0.1) is 5.02 Å². The van der Waals surface area contributed by atoms with E-state index in [9.17, 15) is 8.42 Å². The van der Waals surface area contributed by atoms with Gasteiger partial charge in [0.1, 0.15) is 10.4 Å². The molecule has 0 amide bonds. The summed E-state index contributed by atoms with van der Waals surface area (Å²) in [6.07, 6.45) is 0. The molecule has 8 heteroatoms. The number of halogens is 2. The molecular formula is C6H2Cl2N2O3S. The number of aromatic nitrogens is 2. The highest BCUT2D eigenvalue weighted by molar-refractivity contribution is 8.14. The molecule has 0 N–H and O–H groups in total. The number of nitrogens with zero attached hydrogens (tertiary/aromatic N) is 2. The first-order valence-electron chi connectivity index (χ1n) is 3.35. The number of rotatable bonds is 1. The van der Waals surface area contributed by atoms with Crippen LogP contribution < -0.4 is 0 Å². The zero-order chi connectivity index (χ0) is 10.3. The van der Waals surface area contributed by atoms with E-state index >= 15 is 0 Å². The zero-order valence-corrected chi connectivity index (χ0v) is 8.77. The quantitative estimate of drug-likeness (QED) is 0.724. The Labute approximate surface area is 88.0 Å². The maximum absolute atomic E-state index is 11.1. The van der Waals surface area contributed by atoms with Crippen molar-refractivity contribution < 1.29 is 13.0 Å². The van der Waals surface area contributed by atoms with E-state index in [1.54, 1.807) is 0 Å². The summed E-state index contributed by atoms with van der Waals surface area (Å²) in [7, 11) is 1.23. The third-order valence-electron chi connectivity index (χ3n) is 1.58. The van der Waals surface area contributed by atoms with Crippen LogP contribution in [0.3, 0.4) is 0 Å². The average molecular weight is 253 g/mol. The summed E-state index contributed by atoms with van der Waals surface area (Å²) < 4.78 is 26.6. The molecule has 2 aromatic rings. The smallest absolute Gasteiger partial charge is 0.243 e. The molecule has 1 aromatic heterocycles. The normalized spacial score (nSPS) is 12.1. The zero-order valence-electron chi connectivity index (χ0n) is 6.44. The van der Waals surface area contributed by atoms with Crippen LogP contribution >= 0.6 is 22.3 Å². The van der Waals surface area contributed by atoms with Gasteiger partial charge in [-0.25, -0.2) is 13.0 Å². The van der Waals surface area contributed by atoms with Crippen LogP contribution in [0.15, 0.2) is 21.7 Å². The number of hydrogen-bond donors (Lipinski definition) is 0. The summed E-state index contributed by atoms with van der Waals surface area (Å²) in [5.74, 6) is 0. The number of hydrogen-bond acceptors (Lipinski definition) is 5. The molecule has 2 rings (SSSR count). The van der Waals surface area contributed by atoms with Crippen molar-refractivity contribution in [1.29, 1.82) is 0 Å². The molecule has 1 aromatic carbocycles. The SMILES string of the molecule is O=S(=O)(Cl)c1c(Cl)ccc2nonc12. The molecule has 0 aliphatic heterocycles. The van der Waals surface area contributed by atoms with Gasteiger partial charge in [-0.2, -0.15) is 0 Å². The molecule has 0 saturated heterocycles. The molecule has 0 unspecified atom stereocenters. The molecule has 0 fully saturated rings. The number of benzene rings is 1. The number of fused-ring (bicyclic) bond motifs is 1. The fraction of sp³-hybridized carbons (Fsp3) is 0. The first-order chi connectivity index (χ1) is 6.50. The molecule has 0 atom stereocenters. The lowest BCUT2D eigenvalue weighted by atomic mass is 10.3.